The number of aliphatic carboxylic acids is 1. The molecule has 1 atom stereocenters. The van der Waals surface area contributed by atoms with Crippen LogP contribution in [0.5, 0.6) is 11.5 Å². The number of halogens is 3. The molecule has 1 aromatic heterocycles. The third kappa shape index (κ3) is 8.47. The summed E-state index contributed by atoms with van der Waals surface area (Å²) in [4.78, 5) is 33.0. The number of alkyl halides is 3. The largest absolute Gasteiger partial charge is 0.490 e. The molecule has 2 aliphatic heterocycles. The van der Waals surface area contributed by atoms with Gasteiger partial charge in [0, 0.05) is 37.6 Å². The minimum Gasteiger partial charge on any atom is -0.486 e. The molecule has 13 heteroatoms. The van der Waals surface area contributed by atoms with Gasteiger partial charge in [0.25, 0.3) is 0 Å². The first-order valence-corrected chi connectivity index (χ1v) is 13.0. The molecule has 218 valence electrons. The van der Waals surface area contributed by atoms with Crippen molar-refractivity contribution in [2.45, 2.75) is 32.5 Å². The number of amides is 1. The Labute approximate surface area is 234 Å². The Morgan fingerprint density at radius 1 is 1.07 bits per heavy atom. The standard InChI is InChI=1S/C26H29N5O3.C2HF3O2/c1-18-4-6-19(7-5-18)16-28-25(32)20-3-2-12-31(17-20)24-10-11-27-26(30-24)29-21-8-9-22-23(15-21)34-14-13-33-22;3-2(4,5)1(6)7/h4-11,15,20H,2-3,12-14,16-17H2,1H3,(H,28,32)(H,27,29,30);(H,6,7)/t20-;/m0./s1. The van der Waals surface area contributed by atoms with E-state index in [1.165, 1.54) is 5.56 Å². The highest BCUT2D eigenvalue weighted by atomic mass is 19.4. The zero-order valence-electron chi connectivity index (χ0n) is 22.3. The Balaban J connectivity index is 0.000000493. The van der Waals surface area contributed by atoms with Crippen molar-refractivity contribution in [3.8, 4) is 11.5 Å². The molecule has 1 saturated heterocycles. The first kappa shape index (κ1) is 29.4. The van der Waals surface area contributed by atoms with Gasteiger partial charge in [0.15, 0.2) is 11.5 Å². The Morgan fingerprint density at radius 3 is 2.49 bits per heavy atom. The van der Waals surface area contributed by atoms with Crippen molar-refractivity contribution in [2.75, 3.05) is 36.5 Å². The number of rotatable bonds is 6. The molecular weight excluding hydrogens is 543 g/mol. The van der Waals surface area contributed by atoms with Crippen LogP contribution < -0.4 is 25.0 Å². The van der Waals surface area contributed by atoms with E-state index in [9.17, 15) is 18.0 Å². The van der Waals surface area contributed by atoms with Crippen LogP contribution in [0.1, 0.15) is 24.0 Å². The molecule has 0 unspecified atom stereocenters. The maximum absolute atomic E-state index is 12.8. The van der Waals surface area contributed by atoms with Crippen molar-refractivity contribution in [2.24, 2.45) is 5.92 Å². The number of carbonyl (C=O) groups excluding carboxylic acids is 1. The molecule has 0 spiro atoms. The average Bonchev–Trinajstić information content (AvgIpc) is 2.97. The minimum absolute atomic E-state index is 0.0663. The van der Waals surface area contributed by atoms with Gasteiger partial charge < -0.3 is 30.1 Å². The van der Waals surface area contributed by atoms with Crippen molar-refractivity contribution in [1.29, 1.82) is 0 Å². The van der Waals surface area contributed by atoms with Crippen molar-refractivity contribution < 1.29 is 37.3 Å². The van der Waals surface area contributed by atoms with Crippen LogP contribution in [0.15, 0.2) is 54.7 Å². The number of benzene rings is 2. The van der Waals surface area contributed by atoms with Gasteiger partial charge in [0.05, 0.1) is 5.92 Å². The highest BCUT2D eigenvalue weighted by molar-refractivity contribution is 5.79. The summed E-state index contributed by atoms with van der Waals surface area (Å²) in [6.45, 7) is 5.21. The molecule has 1 fully saturated rings. The van der Waals surface area contributed by atoms with Gasteiger partial charge in [0.2, 0.25) is 11.9 Å². The van der Waals surface area contributed by atoms with Gasteiger partial charge in [-0.15, -0.1) is 0 Å². The maximum Gasteiger partial charge on any atom is 0.490 e. The lowest BCUT2D eigenvalue weighted by atomic mass is 9.97. The first-order valence-electron chi connectivity index (χ1n) is 13.0. The summed E-state index contributed by atoms with van der Waals surface area (Å²) in [5.74, 6) is 0.0328. The highest BCUT2D eigenvalue weighted by Crippen LogP contribution is 2.33. The van der Waals surface area contributed by atoms with Crippen molar-refractivity contribution >= 4 is 29.3 Å². The van der Waals surface area contributed by atoms with Gasteiger partial charge in [-0.3, -0.25) is 4.79 Å². The summed E-state index contributed by atoms with van der Waals surface area (Å²) in [7, 11) is 0. The van der Waals surface area contributed by atoms with E-state index >= 15 is 0 Å². The van der Waals surface area contributed by atoms with Gasteiger partial charge in [-0.1, -0.05) is 29.8 Å². The molecule has 0 aliphatic carbocycles. The molecule has 2 aromatic carbocycles. The minimum atomic E-state index is -5.08. The molecule has 1 amide bonds. The number of hydrogen-bond acceptors (Lipinski definition) is 8. The number of ether oxygens (including phenoxy) is 2. The molecule has 2 aliphatic rings. The smallest absolute Gasteiger partial charge is 0.486 e. The van der Waals surface area contributed by atoms with E-state index in [1.807, 2.05) is 24.3 Å². The summed E-state index contributed by atoms with van der Waals surface area (Å²) in [6.07, 6.45) is -1.52. The van der Waals surface area contributed by atoms with Crippen LogP contribution >= 0.6 is 0 Å². The van der Waals surface area contributed by atoms with E-state index in [0.717, 1.165) is 42.2 Å². The fourth-order valence-electron chi connectivity index (χ4n) is 4.27. The fourth-order valence-corrected chi connectivity index (χ4v) is 4.27. The van der Waals surface area contributed by atoms with E-state index in [-0.39, 0.29) is 11.8 Å². The number of anilines is 3. The van der Waals surface area contributed by atoms with E-state index < -0.39 is 12.1 Å². The van der Waals surface area contributed by atoms with Crippen LogP contribution in [0.4, 0.5) is 30.6 Å². The van der Waals surface area contributed by atoms with Crippen LogP contribution in [-0.4, -0.2) is 59.4 Å². The third-order valence-electron chi connectivity index (χ3n) is 6.39. The van der Waals surface area contributed by atoms with E-state index in [1.54, 1.807) is 6.20 Å². The topological polar surface area (TPSA) is 126 Å². The molecule has 3 N–H and O–H groups in total. The predicted octanol–water partition coefficient (Wildman–Crippen LogP) is 4.47. The average molecular weight is 574 g/mol. The number of fused-ring (bicyclic) bond motifs is 1. The number of carbonyl (C=O) groups is 2. The normalized spacial score (nSPS) is 16.2. The summed E-state index contributed by atoms with van der Waals surface area (Å²) >= 11 is 0. The third-order valence-corrected chi connectivity index (χ3v) is 6.39. The molecule has 0 saturated carbocycles. The molecule has 0 bridgehead atoms. The number of hydrogen-bond donors (Lipinski definition) is 3. The van der Waals surface area contributed by atoms with Crippen LogP contribution in [-0.2, 0) is 16.1 Å². The van der Waals surface area contributed by atoms with Gasteiger partial charge in [-0.2, -0.15) is 18.2 Å². The number of piperidine rings is 1. The van der Waals surface area contributed by atoms with Crippen molar-refractivity contribution in [1.82, 2.24) is 15.3 Å². The maximum atomic E-state index is 12.8. The SMILES string of the molecule is Cc1ccc(CNC(=O)[C@H]2CCCN(c3ccnc(Nc4ccc5c(c4)OCCO5)n3)C2)cc1.O=C(O)C(F)(F)F. The second-order valence-corrected chi connectivity index (χ2v) is 9.51. The number of carboxylic acids is 1. The molecule has 3 aromatic rings. The Morgan fingerprint density at radius 2 is 1.78 bits per heavy atom. The summed E-state index contributed by atoms with van der Waals surface area (Å²) in [5, 5.41) is 13.5. The van der Waals surface area contributed by atoms with Crippen LogP contribution in [0, 0.1) is 12.8 Å². The zero-order valence-corrected chi connectivity index (χ0v) is 22.3. The predicted molar refractivity (Wildman–Crippen MR) is 144 cm³/mol. The molecule has 3 heterocycles. The van der Waals surface area contributed by atoms with E-state index in [2.05, 4.69) is 51.7 Å². The fraction of sp³-hybridized carbons (Fsp3) is 0.357. The number of nitrogens with zero attached hydrogens (tertiary/aromatic N) is 3. The molecule has 10 nitrogen and oxygen atoms in total. The summed E-state index contributed by atoms with van der Waals surface area (Å²) in [5.41, 5.74) is 3.15. The lowest BCUT2D eigenvalue weighted by Crippen LogP contribution is -2.43. The second-order valence-electron chi connectivity index (χ2n) is 9.51. The Hall–Kier alpha value is -4.55. The molecule has 5 rings (SSSR count). The van der Waals surface area contributed by atoms with Crippen LogP contribution in [0.2, 0.25) is 0 Å². The van der Waals surface area contributed by atoms with Crippen molar-refractivity contribution in [3.05, 3.63) is 65.9 Å². The van der Waals surface area contributed by atoms with Gasteiger partial charge in [0.1, 0.15) is 19.0 Å². The van der Waals surface area contributed by atoms with Crippen LogP contribution in [0.3, 0.4) is 0 Å². The van der Waals surface area contributed by atoms with Gasteiger partial charge >= 0.3 is 12.1 Å². The Kier molecular flexibility index (Phi) is 9.48. The number of aromatic nitrogens is 2. The Bertz CT molecular complexity index is 1350. The number of nitrogens with one attached hydrogen (secondary N) is 2. The number of aryl methyl sites for hydroxylation is 1. The summed E-state index contributed by atoms with van der Waals surface area (Å²) < 4.78 is 43.0. The number of carboxylic acid groups (broad SMARTS) is 1. The lowest BCUT2D eigenvalue weighted by molar-refractivity contribution is -0.192. The molecule has 41 heavy (non-hydrogen) atoms. The lowest BCUT2D eigenvalue weighted by Gasteiger charge is -2.33. The summed E-state index contributed by atoms with van der Waals surface area (Å²) in [6, 6.07) is 15.8. The van der Waals surface area contributed by atoms with Crippen LogP contribution in [0.25, 0.3) is 0 Å². The first-order chi connectivity index (χ1) is 19.6. The van der Waals surface area contributed by atoms with Crippen molar-refractivity contribution in [3.63, 3.8) is 0 Å². The van der Waals surface area contributed by atoms with E-state index in [4.69, 9.17) is 24.4 Å². The highest BCUT2D eigenvalue weighted by Gasteiger charge is 2.38. The molecular formula is C28H30F3N5O5. The zero-order chi connectivity index (χ0) is 29.4. The van der Waals surface area contributed by atoms with Gasteiger partial charge in [-0.05, 0) is 43.5 Å². The monoisotopic (exact) mass is 573 g/mol. The van der Waals surface area contributed by atoms with Gasteiger partial charge in [-0.25, -0.2) is 9.78 Å². The quantitative estimate of drug-likeness (QED) is 0.392. The molecule has 0 radical (unpaired) electrons. The second kappa shape index (κ2) is 13.2. The van der Waals surface area contributed by atoms with E-state index in [0.29, 0.717) is 38.0 Å².